The summed E-state index contributed by atoms with van der Waals surface area (Å²) in [5.41, 5.74) is 8.60. The molecule has 1 aliphatic rings. The Bertz CT molecular complexity index is 921. The van der Waals surface area contributed by atoms with Crippen molar-refractivity contribution in [1.82, 2.24) is 9.88 Å². The summed E-state index contributed by atoms with van der Waals surface area (Å²) in [6, 6.07) is 11.4. The van der Waals surface area contributed by atoms with Crippen molar-refractivity contribution in [1.29, 1.82) is 5.26 Å². The Morgan fingerprint density at radius 1 is 1.28 bits per heavy atom. The van der Waals surface area contributed by atoms with Crippen LogP contribution in [0.2, 0.25) is 0 Å². The van der Waals surface area contributed by atoms with E-state index in [1.807, 2.05) is 39.0 Å². The van der Waals surface area contributed by atoms with Crippen LogP contribution in [0.3, 0.4) is 0 Å². The number of anilines is 1. The van der Waals surface area contributed by atoms with Crippen molar-refractivity contribution in [2.24, 2.45) is 0 Å². The van der Waals surface area contributed by atoms with Gasteiger partial charge in [-0.1, -0.05) is 32.9 Å². The normalized spacial score (nSPS) is 14.3. The molecule has 0 unspecified atom stereocenters. The fraction of sp³-hybridized carbons (Fsp3) is 0.409. The minimum atomic E-state index is -0.195. The van der Waals surface area contributed by atoms with Gasteiger partial charge in [-0.25, -0.2) is 4.98 Å². The minimum Gasteiger partial charge on any atom is -0.484 e. The molecule has 0 radical (unpaired) electrons. The molecule has 2 heterocycles. The first-order chi connectivity index (χ1) is 13.8. The third kappa shape index (κ3) is 4.84. The first-order valence-corrected chi connectivity index (χ1v) is 9.59. The number of morpholine rings is 1. The number of rotatable bonds is 4. The van der Waals surface area contributed by atoms with Gasteiger partial charge in [0, 0.05) is 29.8 Å². The topological polar surface area (TPSA) is 101 Å². The molecule has 7 heteroatoms. The first kappa shape index (κ1) is 20.6. The molecular formula is C22H26N4O3. The van der Waals surface area contributed by atoms with Crippen LogP contribution in [0.25, 0.3) is 11.1 Å². The SMILES string of the molecule is CC(C)(C)c1cc(-c2ccc(OCC(=O)N3CCOCC3)cc2)c(C#N)c(N)n1. The van der Waals surface area contributed by atoms with E-state index in [1.165, 1.54) is 0 Å². The zero-order valence-electron chi connectivity index (χ0n) is 17.1. The number of amides is 1. The summed E-state index contributed by atoms with van der Waals surface area (Å²) in [5.74, 6) is 0.763. The number of hydrogen-bond acceptors (Lipinski definition) is 6. The molecule has 1 saturated heterocycles. The minimum absolute atomic E-state index is 0.0147. The van der Waals surface area contributed by atoms with Crippen molar-refractivity contribution in [3.05, 3.63) is 41.6 Å². The number of carbonyl (C=O) groups excluding carboxylic acids is 1. The van der Waals surface area contributed by atoms with Crippen LogP contribution in [0.4, 0.5) is 5.82 Å². The molecule has 0 aliphatic carbocycles. The molecule has 7 nitrogen and oxygen atoms in total. The highest BCUT2D eigenvalue weighted by Crippen LogP contribution is 2.32. The smallest absolute Gasteiger partial charge is 0.260 e. The summed E-state index contributed by atoms with van der Waals surface area (Å²) in [6.45, 7) is 8.45. The van der Waals surface area contributed by atoms with E-state index in [0.717, 1.165) is 16.8 Å². The lowest BCUT2D eigenvalue weighted by atomic mass is 9.88. The van der Waals surface area contributed by atoms with Crippen LogP contribution in [-0.2, 0) is 14.9 Å². The van der Waals surface area contributed by atoms with Gasteiger partial charge in [-0.2, -0.15) is 5.26 Å². The van der Waals surface area contributed by atoms with E-state index in [1.54, 1.807) is 17.0 Å². The van der Waals surface area contributed by atoms with Crippen LogP contribution >= 0.6 is 0 Å². The third-order valence-corrected chi connectivity index (χ3v) is 4.82. The average Bonchev–Trinajstić information content (AvgIpc) is 2.71. The molecule has 3 rings (SSSR count). The Hall–Kier alpha value is -3.11. The summed E-state index contributed by atoms with van der Waals surface area (Å²) in [7, 11) is 0. The van der Waals surface area contributed by atoms with Gasteiger partial charge in [0.05, 0.1) is 13.2 Å². The number of nitriles is 1. The van der Waals surface area contributed by atoms with Crippen molar-refractivity contribution in [3.63, 3.8) is 0 Å². The molecule has 0 saturated carbocycles. The van der Waals surface area contributed by atoms with Crippen LogP contribution in [-0.4, -0.2) is 48.7 Å². The Morgan fingerprint density at radius 2 is 1.93 bits per heavy atom. The molecule has 1 aromatic carbocycles. The van der Waals surface area contributed by atoms with Crippen LogP contribution in [0.1, 0.15) is 32.0 Å². The molecule has 0 spiro atoms. The zero-order valence-corrected chi connectivity index (χ0v) is 17.1. The number of nitrogen functional groups attached to an aromatic ring is 1. The van der Waals surface area contributed by atoms with E-state index in [9.17, 15) is 10.1 Å². The Labute approximate surface area is 171 Å². The van der Waals surface area contributed by atoms with E-state index < -0.39 is 0 Å². The number of nitrogens with zero attached hydrogens (tertiary/aromatic N) is 3. The highest BCUT2D eigenvalue weighted by molar-refractivity contribution is 5.78. The van der Waals surface area contributed by atoms with Gasteiger partial charge in [0.15, 0.2) is 6.61 Å². The Kier molecular flexibility index (Phi) is 6.04. The largest absolute Gasteiger partial charge is 0.484 e. The summed E-state index contributed by atoms with van der Waals surface area (Å²) in [5, 5.41) is 9.53. The molecule has 152 valence electrons. The second-order valence-electron chi connectivity index (χ2n) is 7.98. The lowest BCUT2D eigenvalue weighted by molar-refractivity contribution is -0.137. The maximum Gasteiger partial charge on any atom is 0.260 e. The molecule has 2 N–H and O–H groups in total. The number of carbonyl (C=O) groups is 1. The van der Waals surface area contributed by atoms with Gasteiger partial charge in [0.2, 0.25) is 0 Å². The van der Waals surface area contributed by atoms with E-state index >= 15 is 0 Å². The number of benzene rings is 1. The number of aromatic nitrogens is 1. The first-order valence-electron chi connectivity index (χ1n) is 9.59. The maximum absolute atomic E-state index is 12.2. The predicted octanol–water partition coefficient (Wildman–Crippen LogP) is 2.74. The van der Waals surface area contributed by atoms with Crippen LogP contribution in [0.15, 0.2) is 30.3 Å². The summed E-state index contributed by atoms with van der Waals surface area (Å²) < 4.78 is 10.9. The van der Waals surface area contributed by atoms with E-state index in [4.69, 9.17) is 15.2 Å². The number of hydrogen-bond donors (Lipinski definition) is 1. The van der Waals surface area contributed by atoms with E-state index in [-0.39, 0.29) is 23.7 Å². The van der Waals surface area contributed by atoms with Crippen LogP contribution < -0.4 is 10.5 Å². The molecule has 2 aromatic rings. The van der Waals surface area contributed by atoms with Gasteiger partial charge >= 0.3 is 0 Å². The Balaban J connectivity index is 1.77. The van der Waals surface area contributed by atoms with Gasteiger partial charge in [-0.15, -0.1) is 0 Å². The fourth-order valence-electron chi connectivity index (χ4n) is 3.07. The maximum atomic E-state index is 12.2. The highest BCUT2D eigenvalue weighted by Gasteiger charge is 2.21. The fourth-order valence-corrected chi connectivity index (χ4v) is 3.07. The molecule has 1 aliphatic heterocycles. The molecule has 1 fully saturated rings. The van der Waals surface area contributed by atoms with Gasteiger partial charge < -0.3 is 20.1 Å². The number of pyridine rings is 1. The highest BCUT2D eigenvalue weighted by atomic mass is 16.5. The third-order valence-electron chi connectivity index (χ3n) is 4.82. The van der Waals surface area contributed by atoms with Gasteiger partial charge in [-0.3, -0.25) is 4.79 Å². The van der Waals surface area contributed by atoms with Crippen molar-refractivity contribution in [3.8, 4) is 22.9 Å². The van der Waals surface area contributed by atoms with Crippen molar-refractivity contribution < 1.29 is 14.3 Å². The predicted molar refractivity (Wildman–Crippen MR) is 110 cm³/mol. The molecule has 1 amide bonds. The lowest BCUT2D eigenvalue weighted by Crippen LogP contribution is -2.42. The van der Waals surface area contributed by atoms with E-state index in [0.29, 0.717) is 37.6 Å². The second kappa shape index (κ2) is 8.50. The van der Waals surface area contributed by atoms with Gasteiger partial charge in [0.25, 0.3) is 5.91 Å². The van der Waals surface area contributed by atoms with Crippen molar-refractivity contribution >= 4 is 11.7 Å². The summed E-state index contributed by atoms with van der Waals surface area (Å²) >= 11 is 0. The summed E-state index contributed by atoms with van der Waals surface area (Å²) in [4.78, 5) is 18.3. The van der Waals surface area contributed by atoms with Crippen LogP contribution in [0.5, 0.6) is 5.75 Å². The average molecular weight is 394 g/mol. The second-order valence-corrected chi connectivity index (χ2v) is 7.98. The number of ether oxygens (including phenoxy) is 2. The molecule has 0 bridgehead atoms. The van der Waals surface area contributed by atoms with E-state index in [2.05, 4.69) is 11.1 Å². The van der Waals surface area contributed by atoms with Crippen molar-refractivity contribution in [2.75, 3.05) is 38.6 Å². The quantitative estimate of drug-likeness (QED) is 0.856. The van der Waals surface area contributed by atoms with Crippen LogP contribution in [0, 0.1) is 11.3 Å². The van der Waals surface area contributed by atoms with Crippen molar-refractivity contribution in [2.45, 2.75) is 26.2 Å². The Morgan fingerprint density at radius 3 is 2.52 bits per heavy atom. The molecule has 29 heavy (non-hydrogen) atoms. The molecule has 0 atom stereocenters. The lowest BCUT2D eigenvalue weighted by Gasteiger charge is -2.26. The summed E-state index contributed by atoms with van der Waals surface area (Å²) in [6.07, 6.45) is 0. The number of nitrogens with two attached hydrogens (primary N) is 1. The standard InChI is InChI=1S/C22H26N4O3/c1-22(2,3)19-12-17(18(13-23)21(24)25-19)15-4-6-16(7-5-15)29-14-20(27)26-8-10-28-11-9-26/h4-7,12H,8-11,14H2,1-3H3,(H2,24,25). The van der Waals surface area contributed by atoms with Gasteiger partial charge in [0.1, 0.15) is 23.2 Å². The molecular weight excluding hydrogens is 368 g/mol. The molecule has 1 aromatic heterocycles. The van der Waals surface area contributed by atoms with Gasteiger partial charge in [-0.05, 0) is 23.8 Å². The zero-order chi connectivity index (χ0) is 21.0. The monoisotopic (exact) mass is 394 g/mol.